The number of hydrogen-bond acceptors (Lipinski definition) is 3. The lowest BCUT2D eigenvalue weighted by molar-refractivity contribution is 0.619. The van der Waals surface area contributed by atoms with Gasteiger partial charge >= 0.3 is 0 Å². The van der Waals surface area contributed by atoms with Gasteiger partial charge in [-0.2, -0.15) is 10.2 Å². The van der Waals surface area contributed by atoms with Gasteiger partial charge in [-0.05, 0) is 47.6 Å². The normalized spacial score (nSPS) is 10.8. The highest BCUT2D eigenvalue weighted by molar-refractivity contribution is 7.80. The van der Waals surface area contributed by atoms with E-state index in [2.05, 4.69) is 20.8 Å². The summed E-state index contributed by atoms with van der Waals surface area (Å²) in [5.41, 5.74) is 3.18. The molecular formula is C21H17Cl2FN6S. The van der Waals surface area contributed by atoms with Crippen LogP contribution in [0.3, 0.4) is 0 Å². The van der Waals surface area contributed by atoms with Gasteiger partial charge in [-0.3, -0.25) is 9.36 Å². The van der Waals surface area contributed by atoms with Gasteiger partial charge in [-0.1, -0.05) is 41.4 Å². The second-order valence-corrected chi connectivity index (χ2v) is 8.05. The van der Waals surface area contributed by atoms with Gasteiger partial charge in [0.25, 0.3) is 0 Å². The van der Waals surface area contributed by atoms with Crippen LogP contribution in [0.25, 0.3) is 0 Å². The molecule has 0 saturated heterocycles. The summed E-state index contributed by atoms with van der Waals surface area (Å²) in [6, 6.07) is 11.8. The Morgan fingerprint density at radius 3 is 2.26 bits per heavy atom. The fraction of sp³-hybridized carbons (Fsp3) is 0.0952. The van der Waals surface area contributed by atoms with E-state index in [0.717, 1.165) is 16.8 Å². The fourth-order valence-electron chi connectivity index (χ4n) is 2.97. The van der Waals surface area contributed by atoms with Crippen LogP contribution < -0.4 is 10.6 Å². The summed E-state index contributed by atoms with van der Waals surface area (Å²) in [4.78, 5) is 0. The Hall–Kier alpha value is -2.94. The average Bonchev–Trinajstić information content (AvgIpc) is 3.33. The van der Waals surface area contributed by atoms with Crippen molar-refractivity contribution >= 4 is 51.9 Å². The molecule has 0 spiro atoms. The molecular weight excluding hydrogens is 458 g/mol. The molecule has 0 aliphatic heterocycles. The zero-order chi connectivity index (χ0) is 21.8. The van der Waals surface area contributed by atoms with E-state index in [1.165, 1.54) is 12.1 Å². The maximum Gasteiger partial charge on any atom is 0.175 e. The number of rotatable bonds is 6. The molecule has 2 N–H and O–H groups in total. The molecule has 0 aliphatic carbocycles. The molecule has 10 heteroatoms. The van der Waals surface area contributed by atoms with Gasteiger partial charge in [-0.15, -0.1) is 0 Å². The van der Waals surface area contributed by atoms with E-state index in [9.17, 15) is 4.39 Å². The summed E-state index contributed by atoms with van der Waals surface area (Å²) >= 11 is 17.5. The molecule has 0 amide bonds. The van der Waals surface area contributed by atoms with Crippen molar-refractivity contribution in [2.24, 2.45) is 0 Å². The molecule has 0 atom stereocenters. The van der Waals surface area contributed by atoms with E-state index in [1.54, 1.807) is 46.2 Å². The minimum absolute atomic E-state index is 0.271. The van der Waals surface area contributed by atoms with E-state index in [0.29, 0.717) is 33.9 Å². The molecule has 0 bridgehead atoms. The largest absolute Gasteiger partial charge is 0.330 e. The van der Waals surface area contributed by atoms with Gasteiger partial charge in [0.2, 0.25) is 0 Å². The third kappa shape index (κ3) is 5.81. The Morgan fingerprint density at radius 2 is 1.61 bits per heavy atom. The third-order valence-electron chi connectivity index (χ3n) is 4.36. The summed E-state index contributed by atoms with van der Waals surface area (Å²) < 4.78 is 16.8. The van der Waals surface area contributed by atoms with Crippen LogP contribution in [0.5, 0.6) is 0 Å². The summed E-state index contributed by atoms with van der Waals surface area (Å²) in [6.45, 7) is 0.963. The highest BCUT2D eigenvalue weighted by atomic mass is 35.5. The quantitative estimate of drug-likeness (QED) is 0.364. The van der Waals surface area contributed by atoms with Crippen molar-refractivity contribution in [2.75, 3.05) is 10.6 Å². The molecule has 2 heterocycles. The SMILES string of the molecule is Fc1cccc(Cn2cc(NC(=S)Nc3cnn(Cc4ccc(Cl)cc4Cl)c3)cn2)c1. The molecule has 6 nitrogen and oxygen atoms in total. The minimum Gasteiger partial charge on any atom is -0.330 e. The number of anilines is 2. The Bertz CT molecular complexity index is 1220. The van der Waals surface area contributed by atoms with Gasteiger partial charge in [0.1, 0.15) is 5.82 Å². The number of nitrogens with one attached hydrogen (secondary N) is 2. The molecule has 2 aromatic heterocycles. The first-order valence-electron chi connectivity index (χ1n) is 9.26. The monoisotopic (exact) mass is 474 g/mol. The molecule has 0 unspecified atom stereocenters. The van der Waals surface area contributed by atoms with Crippen LogP contribution in [0.15, 0.2) is 67.3 Å². The summed E-state index contributed by atoms with van der Waals surface area (Å²) in [5, 5.41) is 16.3. The van der Waals surface area contributed by atoms with E-state index in [-0.39, 0.29) is 5.82 Å². The number of benzene rings is 2. The van der Waals surface area contributed by atoms with Gasteiger partial charge in [0, 0.05) is 22.4 Å². The maximum atomic E-state index is 13.3. The number of halogens is 3. The number of hydrogen-bond donors (Lipinski definition) is 2. The zero-order valence-corrected chi connectivity index (χ0v) is 18.4. The number of nitrogens with zero attached hydrogens (tertiary/aromatic N) is 4. The molecule has 0 saturated carbocycles. The van der Waals surface area contributed by atoms with Crippen molar-refractivity contribution in [3.63, 3.8) is 0 Å². The van der Waals surface area contributed by atoms with Crippen LogP contribution in [-0.4, -0.2) is 24.7 Å². The fourth-order valence-corrected chi connectivity index (χ4v) is 3.67. The minimum atomic E-state index is -0.271. The zero-order valence-electron chi connectivity index (χ0n) is 16.1. The Morgan fingerprint density at radius 1 is 0.935 bits per heavy atom. The van der Waals surface area contributed by atoms with Crippen LogP contribution in [0, 0.1) is 5.82 Å². The van der Waals surface area contributed by atoms with Crippen LogP contribution in [-0.2, 0) is 13.1 Å². The number of thiocarbonyl (C=S) groups is 1. The molecule has 31 heavy (non-hydrogen) atoms. The van der Waals surface area contributed by atoms with Crippen LogP contribution in [0.1, 0.15) is 11.1 Å². The second kappa shape index (κ2) is 9.47. The standard InChI is InChI=1S/C21H17Cl2FN6S/c22-16-5-4-15(20(23)7-16)11-30-13-19(9-26-30)28-21(31)27-18-8-25-29(12-18)10-14-2-1-3-17(24)6-14/h1-9,12-13H,10-11H2,(H2,27,28,31). The van der Waals surface area contributed by atoms with Crippen molar-refractivity contribution in [3.05, 3.63) is 94.2 Å². The lowest BCUT2D eigenvalue weighted by Gasteiger charge is -2.07. The molecule has 4 aromatic rings. The Kier molecular flexibility index (Phi) is 6.50. The van der Waals surface area contributed by atoms with Crippen molar-refractivity contribution in [1.82, 2.24) is 19.6 Å². The van der Waals surface area contributed by atoms with E-state index in [1.807, 2.05) is 18.3 Å². The first-order valence-corrected chi connectivity index (χ1v) is 10.4. The molecule has 0 aliphatic rings. The highest BCUT2D eigenvalue weighted by Gasteiger charge is 2.07. The predicted molar refractivity (Wildman–Crippen MR) is 125 cm³/mol. The highest BCUT2D eigenvalue weighted by Crippen LogP contribution is 2.22. The summed E-state index contributed by atoms with van der Waals surface area (Å²) in [7, 11) is 0. The van der Waals surface area contributed by atoms with Crippen LogP contribution in [0.2, 0.25) is 10.0 Å². The lowest BCUT2D eigenvalue weighted by atomic mass is 10.2. The second-order valence-electron chi connectivity index (χ2n) is 6.80. The predicted octanol–water partition coefficient (Wildman–Crippen LogP) is 5.43. The van der Waals surface area contributed by atoms with Crippen LogP contribution >= 0.6 is 35.4 Å². The topological polar surface area (TPSA) is 59.7 Å². The third-order valence-corrected chi connectivity index (χ3v) is 5.15. The first kappa shape index (κ1) is 21.3. The smallest absolute Gasteiger partial charge is 0.175 e. The Balaban J connectivity index is 1.33. The van der Waals surface area contributed by atoms with E-state index >= 15 is 0 Å². The van der Waals surface area contributed by atoms with Crippen molar-refractivity contribution in [3.8, 4) is 0 Å². The molecule has 4 rings (SSSR count). The lowest BCUT2D eigenvalue weighted by Crippen LogP contribution is -2.18. The first-order chi connectivity index (χ1) is 14.9. The summed E-state index contributed by atoms with van der Waals surface area (Å²) in [6.07, 6.45) is 6.95. The summed E-state index contributed by atoms with van der Waals surface area (Å²) in [5.74, 6) is -0.271. The van der Waals surface area contributed by atoms with Crippen LogP contribution in [0.4, 0.5) is 15.8 Å². The number of aromatic nitrogens is 4. The van der Waals surface area contributed by atoms with Crippen molar-refractivity contribution < 1.29 is 4.39 Å². The van der Waals surface area contributed by atoms with E-state index < -0.39 is 0 Å². The maximum absolute atomic E-state index is 13.3. The molecule has 0 radical (unpaired) electrons. The molecule has 0 fully saturated rings. The van der Waals surface area contributed by atoms with Gasteiger partial charge in [0.05, 0.1) is 36.9 Å². The van der Waals surface area contributed by atoms with Gasteiger partial charge < -0.3 is 10.6 Å². The molecule has 2 aromatic carbocycles. The average molecular weight is 475 g/mol. The Labute approximate surface area is 193 Å². The van der Waals surface area contributed by atoms with Gasteiger partial charge in [0.15, 0.2) is 5.11 Å². The van der Waals surface area contributed by atoms with Gasteiger partial charge in [-0.25, -0.2) is 4.39 Å². The van der Waals surface area contributed by atoms with Crippen molar-refractivity contribution in [2.45, 2.75) is 13.1 Å². The van der Waals surface area contributed by atoms with Crippen molar-refractivity contribution in [1.29, 1.82) is 0 Å². The van der Waals surface area contributed by atoms with E-state index in [4.69, 9.17) is 35.4 Å². The molecule has 158 valence electrons.